The standard InChI is InChI=1S/C20H20Cl2N2O5S/c1-28-19-4-3-17(30(26,27)24-6-8-29-9-7-24)13-18(19)23-20(25)5-2-14-10-15(21)12-16(22)11-14/h2-5,10-13H,6-9H2,1H3,(H,23,25)/b5-2+. The van der Waals surface area contributed by atoms with Gasteiger partial charge in [-0.2, -0.15) is 4.31 Å². The number of nitrogens with one attached hydrogen (secondary N) is 1. The summed E-state index contributed by atoms with van der Waals surface area (Å²) in [5, 5.41) is 3.55. The van der Waals surface area contributed by atoms with E-state index in [2.05, 4.69) is 5.32 Å². The number of benzene rings is 2. The molecular weight excluding hydrogens is 451 g/mol. The van der Waals surface area contributed by atoms with Crippen LogP contribution in [-0.4, -0.2) is 52.0 Å². The Morgan fingerprint density at radius 1 is 1.13 bits per heavy atom. The molecule has 1 heterocycles. The van der Waals surface area contributed by atoms with E-state index in [-0.39, 0.29) is 23.7 Å². The van der Waals surface area contributed by atoms with Gasteiger partial charge in [-0.15, -0.1) is 0 Å². The highest BCUT2D eigenvalue weighted by molar-refractivity contribution is 7.89. The summed E-state index contributed by atoms with van der Waals surface area (Å²) in [4.78, 5) is 12.5. The minimum absolute atomic E-state index is 0.0612. The van der Waals surface area contributed by atoms with Gasteiger partial charge >= 0.3 is 0 Å². The molecule has 7 nitrogen and oxygen atoms in total. The largest absolute Gasteiger partial charge is 0.495 e. The van der Waals surface area contributed by atoms with Crippen molar-refractivity contribution in [2.45, 2.75) is 4.90 Å². The average Bonchev–Trinajstić information content (AvgIpc) is 2.72. The topological polar surface area (TPSA) is 84.9 Å². The van der Waals surface area contributed by atoms with Crippen molar-refractivity contribution in [3.8, 4) is 5.75 Å². The maximum Gasteiger partial charge on any atom is 0.248 e. The van der Waals surface area contributed by atoms with Crippen LogP contribution in [0.5, 0.6) is 5.75 Å². The SMILES string of the molecule is COc1ccc(S(=O)(=O)N2CCOCC2)cc1NC(=O)/C=C/c1cc(Cl)cc(Cl)c1. The number of ether oxygens (including phenoxy) is 2. The van der Waals surface area contributed by atoms with Crippen LogP contribution in [0.25, 0.3) is 6.08 Å². The van der Waals surface area contributed by atoms with Crippen molar-refractivity contribution in [2.75, 3.05) is 38.7 Å². The lowest BCUT2D eigenvalue weighted by molar-refractivity contribution is -0.111. The van der Waals surface area contributed by atoms with Gasteiger partial charge < -0.3 is 14.8 Å². The first kappa shape index (κ1) is 22.6. The van der Waals surface area contributed by atoms with Gasteiger partial charge in [0.25, 0.3) is 0 Å². The lowest BCUT2D eigenvalue weighted by atomic mass is 10.2. The molecular formula is C20H20Cl2N2O5S. The van der Waals surface area contributed by atoms with E-state index in [0.29, 0.717) is 34.6 Å². The average molecular weight is 471 g/mol. The maximum absolute atomic E-state index is 12.9. The van der Waals surface area contributed by atoms with Crippen molar-refractivity contribution in [3.05, 3.63) is 58.1 Å². The van der Waals surface area contributed by atoms with Crippen LogP contribution in [0.2, 0.25) is 10.0 Å². The van der Waals surface area contributed by atoms with E-state index in [4.69, 9.17) is 32.7 Å². The quantitative estimate of drug-likeness (QED) is 0.650. The van der Waals surface area contributed by atoms with E-state index < -0.39 is 15.9 Å². The Labute approximate surface area is 185 Å². The van der Waals surface area contributed by atoms with Gasteiger partial charge in [-0.25, -0.2) is 8.42 Å². The third-order valence-corrected chi connectivity index (χ3v) is 6.68. The smallest absolute Gasteiger partial charge is 0.248 e. The monoisotopic (exact) mass is 470 g/mol. The molecule has 0 aliphatic carbocycles. The molecule has 1 aliphatic rings. The number of amides is 1. The molecule has 1 saturated heterocycles. The summed E-state index contributed by atoms with van der Waals surface area (Å²) in [6.07, 6.45) is 2.85. The second kappa shape index (κ2) is 9.80. The van der Waals surface area contributed by atoms with E-state index in [9.17, 15) is 13.2 Å². The van der Waals surface area contributed by atoms with Crippen molar-refractivity contribution in [1.82, 2.24) is 4.31 Å². The van der Waals surface area contributed by atoms with Crippen LogP contribution in [0.15, 0.2) is 47.4 Å². The first-order valence-corrected chi connectivity index (χ1v) is 11.2. The summed E-state index contributed by atoms with van der Waals surface area (Å²) in [6.45, 7) is 1.25. The third-order valence-electron chi connectivity index (χ3n) is 4.35. The number of hydrogen-bond acceptors (Lipinski definition) is 5. The Morgan fingerprint density at radius 2 is 1.80 bits per heavy atom. The maximum atomic E-state index is 12.9. The summed E-state index contributed by atoms with van der Waals surface area (Å²) >= 11 is 11.9. The highest BCUT2D eigenvalue weighted by atomic mass is 35.5. The minimum Gasteiger partial charge on any atom is -0.495 e. The van der Waals surface area contributed by atoms with Crippen LogP contribution in [0.1, 0.15) is 5.56 Å². The van der Waals surface area contributed by atoms with Gasteiger partial charge in [0.2, 0.25) is 15.9 Å². The fourth-order valence-corrected chi connectivity index (χ4v) is 4.88. The zero-order valence-corrected chi connectivity index (χ0v) is 18.4. The van der Waals surface area contributed by atoms with E-state index in [0.717, 1.165) is 0 Å². The first-order valence-electron chi connectivity index (χ1n) is 9.01. The van der Waals surface area contributed by atoms with Gasteiger partial charge in [0, 0.05) is 29.2 Å². The van der Waals surface area contributed by atoms with E-state index in [1.165, 1.54) is 35.7 Å². The van der Waals surface area contributed by atoms with Crippen molar-refractivity contribution >= 4 is 50.9 Å². The minimum atomic E-state index is -3.71. The molecule has 1 aliphatic heterocycles. The van der Waals surface area contributed by atoms with Crippen LogP contribution in [0, 0.1) is 0 Å². The first-order chi connectivity index (χ1) is 14.3. The molecule has 160 valence electrons. The van der Waals surface area contributed by atoms with Gasteiger partial charge in [-0.3, -0.25) is 4.79 Å². The molecule has 3 rings (SSSR count). The summed E-state index contributed by atoms with van der Waals surface area (Å²) in [5.74, 6) is -0.131. The van der Waals surface area contributed by atoms with Crippen molar-refractivity contribution in [2.24, 2.45) is 0 Å². The zero-order valence-electron chi connectivity index (χ0n) is 16.1. The number of carbonyl (C=O) groups is 1. The highest BCUT2D eigenvalue weighted by Crippen LogP contribution is 2.29. The second-order valence-corrected chi connectivity index (χ2v) is 9.21. The molecule has 30 heavy (non-hydrogen) atoms. The number of nitrogens with zero attached hydrogens (tertiary/aromatic N) is 1. The molecule has 1 amide bonds. The third kappa shape index (κ3) is 5.53. The summed E-state index contributed by atoms with van der Waals surface area (Å²) in [6, 6.07) is 9.24. The fourth-order valence-electron chi connectivity index (χ4n) is 2.90. The molecule has 0 saturated carbocycles. The number of hydrogen-bond donors (Lipinski definition) is 1. The van der Waals surface area contributed by atoms with Crippen LogP contribution in [0.4, 0.5) is 5.69 Å². The number of methoxy groups -OCH3 is 1. The summed E-state index contributed by atoms with van der Waals surface area (Å²) < 4.78 is 37.6. The predicted octanol–water partition coefficient (Wildman–Crippen LogP) is 3.67. The Morgan fingerprint density at radius 3 is 2.43 bits per heavy atom. The molecule has 0 atom stereocenters. The van der Waals surface area contributed by atoms with Crippen LogP contribution in [-0.2, 0) is 19.6 Å². The molecule has 0 bridgehead atoms. The predicted molar refractivity (Wildman–Crippen MR) is 117 cm³/mol. The van der Waals surface area contributed by atoms with E-state index in [1.54, 1.807) is 24.3 Å². The van der Waals surface area contributed by atoms with Gasteiger partial charge in [0.05, 0.1) is 30.9 Å². The van der Waals surface area contributed by atoms with Crippen molar-refractivity contribution in [3.63, 3.8) is 0 Å². The summed E-state index contributed by atoms with van der Waals surface area (Å²) in [7, 11) is -2.28. The Bertz CT molecular complexity index is 1050. The number of anilines is 1. The Hall–Kier alpha value is -2.10. The molecule has 2 aromatic rings. The van der Waals surface area contributed by atoms with Crippen LogP contribution in [0.3, 0.4) is 0 Å². The van der Waals surface area contributed by atoms with Gasteiger partial charge in [0.15, 0.2) is 0 Å². The number of carbonyl (C=O) groups excluding carboxylic acids is 1. The van der Waals surface area contributed by atoms with Crippen molar-refractivity contribution in [1.29, 1.82) is 0 Å². The molecule has 10 heteroatoms. The Kier molecular flexibility index (Phi) is 7.38. The second-order valence-electron chi connectivity index (χ2n) is 6.40. The number of sulfonamides is 1. The van der Waals surface area contributed by atoms with E-state index >= 15 is 0 Å². The Balaban J connectivity index is 1.81. The zero-order chi connectivity index (χ0) is 21.7. The van der Waals surface area contributed by atoms with Gasteiger partial charge in [-0.1, -0.05) is 23.2 Å². The van der Waals surface area contributed by atoms with E-state index in [1.807, 2.05) is 0 Å². The van der Waals surface area contributed by atoms with Crippen LogP contribution >= 0.6 is 23.2 Å². The van der Waals surface area contributed by atoms with Crippen LogP contribution < -0.4 is 10.1 Å². The lowest BCUT2D eigenvalue weighted by Crippen LogP contribution is -2.40. The highest BCUT2D eigenvalue weighted by Gasteiger charge is 2.27. The molecule has 1 N–H and O–H groups in total. The van der Waals surface area contributed by atoms with Crippen molar-refractivity contribution < 1.29 is 22.7 Å². The molecule has 0 unspecified atom stereocenters. The van der Waals surface area contributed by atoms with Gasteiger partial charge in [0.1, 0.15) is 5.75 Å². The molecule has 0 spiro atoms. The fraction of sp³-hybridized carbons (Fsp3) is 0.250. The van der Waals surface area contributed by atoms with Gasteiger partial charge in [-0.05, 0) is 48.0 Å². The molecule has 2 aromatic carbocycles. The molecule has 1 fully saturated rings. The number of halogens is 2. The summed E-state index contributed by atoms with van der Waals surface area (Å²) in [5.41, 5.74) is 0.892. The molecule has 0 aromatic heterocycles. The lowest BCUT2D eigenvalue weighted by Gasteiger charge is -2.26. The normalized spacial score (nSPS) is 15.3. The number of rotatable bonds is 6. The molecule has 0 radical (unpaired) electrons. The number of morpholine rings is 1.